The number of fused-ring (bicyclic) bond motifs is 1. The number of benzene rings is 1. The minimum atomic E-state index is -0.971. The molecule has 5 nitrogen and oxygen atoms in total. The molecule has 0 saturated carbocycles. The van der Waals surface area contributed by atoms with Gasteiger partial charge < -0.3 is 15.2 Å². The van der Waals surface area contributed by atoms with E-state index in [-0.39, 0.29) is 12.5 Å². The quantitative estimate of drug-likeness (QED) is 0.777. The van der Waals surface area contributed by atoms with Gasteiger partial charge in [-0.05, 0) is 36.5 Å². The number of hydrogen-bond acceptors (Lipinski definition) is 3. The molecule has 0 bridgehead atoms. The number of rotatable bonds is 5. The summed E-state index contributed by atoms with van der Waals surface area (Å²) in [6.07, 6.45) is 2.47. The fraction of sp³-hybridized carbons (Fsp3) is 0.429. The predicted octanol–water partition coefficient (Wildman–Crippen LogP) is 1.01. The van der Waals surface area contributed by atoms with Crippen LogP contribution >= 0.6 is 0 Å². The molecule has 2 N–H and O–H groups in total. The second-order valence-electron chi connectivity index (χ2n) is 4.55. The topological polar surface area (TPSA) is 75.6 Å². The van der Waals surface area contributed by atoms with E-state index in [9.17, 15) is 9.59 Å². The summed E-state index contributed by atoms with van der Waals surface area (Å²) in [5.74, 6) is -0.998. The van der Waals surface area contributed by atoms with Crippen molar-refractivity contribution in [2.75, 3.05) is 19.8 Å². The zero-order chi connectivity index (χ0) is 13.7. The first kappa shape index (κ1) is 13.5. The van der Waals surface area contributed by atoms with E-state index in [2.05, 4.69) is 5.32 Å². The Hall–Kier alpha value is -1.88. The van der Waals surface area contributed by atoms with Crippen molar-refractivity contribution in [1.82, 2.24) is 5.32 Å². The number of nitrogens with one attached hydrogen (secondary N) is 1. The van der Waals surface area contributed by atoms with E-state index in [1.165, 1.54) is 0 Å². The van der Waals surface area contributed by atoms with E-state index in [4.69, 9.17) is 9.84 Å². The first-order valence-corrected chi connectivity index (χ1v) is 6.36. The third-order valence-corrected chi connectivity index (χ3v) is 3.09. The van der Waals surface area contributed by atoms with Crippen molar-refractivity contribution in [3.8, 4) is 0 Å². The fourth-order valence-corrected chi connectivity index (χ4v) is 2.13. The molecule has 0 atom stereocenters. The first-order valence-electron chi connectivity index (χ1n) is 6.36. The smallest absolute Gasteiger partial charge is 0.329 e. The Morgan fingerprint density at radius 3 is 3.05 bits per heavy atom. The van der Waals surface area contributed by atoms with Crippen LogP contribution in [0.15, 0.2) is 18.2 Å². The Morgan fingerprint density at radius 1 is 1.42 bits per heavy atom. The molecule has 19 heavy (non-hydrogen) atoms. The number of carboxylic acid groups (broad SMARTS) is 1. The molecule has 2 rings (SSSR count). The fourth-order valence-electron chi connectivity index (χ4n) is 2.13. The van der Waals surface area contributed by atoms with E-state index >= 15 is 0 Å². The molecule has 1 aromatic rings. The third kappa shape index (κ3) is 3.79. The van der Waals surface area contributed by atoms with Crippen molar-refractivity contribution in [3.63, 3.8) is 0 Å². The average molecular weight is 263 g/mol. The van der Waals surface area contributed by atoms with Gasteiger partial charge in [0.1, 0.15) is 6.61 Å². The number of carboxylic acids is 1. The number of amides is 1. The van der Waals surface area contributed by atoms with Gasteiger partial charge in [0, 0.05) is 12.1 Å². The maximum absolute atomic E-state index is 11.9. The molecule has 0 radical (unpaired) electrons. The Balaban J connectivity index is 1.99. The largest absolute Gasteiger partial charge is 0.480 e. The second-order valence-corrected chi connectivity index (χ2v) is 4.55. The normalized spacial score (nSPS) is 14.4. The Labute approximate surface area is 111 Å². The van der Waals surface area contributed by atoms with Crippen molar-refractivity contribution < 1.29 is 19.4 Å². The molecule has 0 saturated heterocycles. The highest BCUT2D eigenvalue weighted by molar-refractivity contribution is 5.96. The Bertz CT molecular complexity index is 484. The number of carbonyl (C=O) groups excluding carboxylic acids is 1. The summed E-state index contributed by atoms with van der Waals surface area (Å²) in [6, 6.07) is 5.83. The monoisotopic (exact) mass is 263 g/mol. The van der Waals surface area contributed by atoms with Crippen molar-refractivity contribution in [2.45, 2.75) is 19.3 Å². The maximum atomic E-state index is 11.9. The average Bonchev–Trinajstić information content (AvgIpc) is 2.57. The number of aryl methyl sites for hydroxylation is 1. The highest BCUT2D eigenvalue weighted by Crippen LogP contribution is 2.17. The van der Waals surface area contributed by atoms with Gasteiger partial charge in [-0.3, -0.25) is 4.79 Å². The van der Waals surface area contributed by atoms with E-state index in [0.29, 0.717) is 19.6 Å². The van der Waals surface area contributed by atoms with Gasteiger partial charge in [0.15, 0.2) is 0 Å². The highest BCUT2D eigenvalue weighted by Gasteiger charge is 2.15. The lowest BCUT2D eigenvalue weighted by Crippen LogP contribution is -2.22. The van der Waals surface area contributed by atoms with Crippen molar-refractivity contribution in [3.05, 3.63) is 34.9 Å². The highest BCUT2D eigenvalue weighted by atomic mass is 16.5. The van der Waals surface area contributed by atoms with Crippen LogP contribution < -0.4 is 5.32 Å². The van der Waals surface area contributed by atoms with Crippen molar-refractivity contribution in [2.24, 2.45) is 0 Å². The molecule has 1 amide bonds. The molecular formula is C14H17NO4. The molecule has 0 aromatic heterocycles. The molecule has 0 spiro atoms. The van der Waals surface area contributed by atoms with Crippen molar-refractivity contribution in [1.29, 1.82) is 0 Å². The summed E-state index contributed by atoms with van der Waals surface area (Å²) < 4.78 is 4.99. The van der Waals surface area contributed by atoms with Crippen LogP contribution in [0.4, 0.5) is 0 Å². The molecule has 102 valence electrons. The van der Waals surface area contributed by atoms with Crippen LogP contribution in [0.2, 0.25) is 0 Å². The van der Waals surface area contributed by atoms with Gasteiger partial charge in [-0.25, -0.2) is 4.79 Å². The van der Waals surface area contributed by atoms with Crippen molar-refractivity contribution >= 4 is 11.9 Å². The van der Waals surface area contributed by atoms with Gasteiger partial charge in [-0.2, -0.15) is 0 Å². The third-order valence-electron chi connectivity index (χ3n) is 3.09. The van der Waals surface area contributed by atoms with Crippen LogP contribution in [0.25, 0.3) is 0 Å². The first-order chi connectivity index (χ1) is 9.16. The summed E-state index contributed by atoms with van der Waals surface area (Å²) in [4.78, 5) is 22.2. The van der Waals surface area contributed by atoms with E-state index in [1.54, 1.807) is 0 Å². The lowest BCUT2D eigenvalue weighted by Gasteiger charge is -2.08. The zero-order valence-corrected chi connectivity index (χ0v) is 10.6. The lowest BCUT2D eigenvalue weighted by molar-refractivity contribution is -0.142. The summed E-state index contributed by atoms with van der Waals surface area (Å²) in [5, 5.41) is 11.3. The molecule has 1 aliphatic heterocycles. The number of carbonyl (C=O) groups is 2. The standard InChI is InChI=1S/C14H17NO4/c16-13(17)9-19-7-5-10-3-4-11-2-1-6-15-14(18)12(11)8-10/h3-4,8H,1-2,5-7,9H2,(H,15,18)(H,16,17). The van der Waals surface area contributed by atoms with Crippen LogP contribution in [0.1, 0.15) is 27.9 Å². The van der Waals surface area contributed by atoms with Gasteiger partial charge in [-0.15, -0.1) is 0 Å². The lowest BCUT2D eigenvalue weighted by atomic mass is 10.00. The maximum Gasteiger partial charge on any atom is 0.329 e. The zero-order valence-electron chi connectivity index (χ0n) is 10.6. The van der Waals surface area contributed by atoms with Gasteiger partial charge in [0.05, 0.1) is 6.61 Å². The molecule has 5 heteroatoms. The van der Waals surface area contributed by atoms with Crippen LogP contribution in [0.3, 0.4) is 0 Å². The minimum Gasteiger partial charge on any atom is -0.480 e. The Morgan fingerprint density at radius 2 is 2.26 bits per heavy atom. The molecule has 1 aromatic carbocycles. The summed E-state index contributed by atoms with van der Waals surface area (Å²) in [5.41, 5.74) is 2.79. The number of aliphatic carboxylic acids is 1. The molecule has 0 aliphatic carbocycles. The molecule has 0 unspecified atom stereocenters. The molecule has 0 fully saturated rings. The van der Waals surface area contributed by atoms with Crippen LogP contribution in [-0.2, 0) is 22.4 Å². The summed E-state index contributed by atoms with van der Waals surface area (Å²) in [7, 11) is 0. The van der Waals surface area contributed by atoms with Gasteiger partial charge in [0.25, 0.3) is 5.91 Å². The second kappa shape index (κ2) is 6.33. The van der Waals surface area contributed by atoms with E-state index in [1.807, 2.05) is 18.2 Å². The number of hydrogen-bond donors (Lipinski definition) is 2. The van der Waals surface area contributed by atoms with Crippen LogP contribution in [-0.4, -0.2) is 36.7 Å². The Kier molecular flexibility index (Phi) is 4.52. The minimum absolute atomic E-state index is 0.0270. The van der Waals surface area contributed by atoms with Gasteiger partial charge >= 0.3 is 5.97 Å². The summed E-state index contributed by atoms with van der Waals surface area (Å²) >= 11 is 0. The molecular weight excluding hydrogens is 246 g/mol. The van der Waals surface area contributed by atoms with Gasteiger partial charge in [-0.1, -0.05) is 12.1 Å². The number of ether oxygens (including phenoxy) is 1. The van der Waals surface area contributed by atoms with E-state index in [0.717, 1.165) is 29.5 Å². The molecule has 1 aliphatic rings. The van der Waals surface area contributed by atoms with E-state index < -0.39 is 5.97 Å². The van der Waals surface area contributed by atoms with Crippen LogP contribution in [0, 0.1) is 0 Å². The predicted molar refractivity (Wildman–Crippen MR) is 69.3 cm³/mol. The van der Waals surface area contributed by atoms with Gasteiger partial charge in [0.2, 0.25) is 0 Å². The SMILES string of the molecule is O=C(O)COCCc1ccc2c(c1)C(=O)NCCC2. The summed E-state index contributed by atoms with van der Waals surface area (Å²) in [6.45, 7) is 0.767. The molecule has 1 heterocycles. The van der Waals surface area contributed by atoms with Crippen LogP contribution in [0.5, 0.6) is 0 Å².